The molecule has 0 saturated heterocycles. The van der Waals surface area contributed by atoms with Crippen LogP contribution in [-0.4, -0.2) is 5.37 Å². The molecule has 1 atom stereocenters. The van der Waals surface area contributed by atoms with Gasteiger partial charge >= 0.3 is 0 Å². The van der Waals surface area contributed by atoms with Crippen LogP contribution in [0.25, 0.3) is 0 Å². The molecule has 0 aromatic heterocycles. The van der Waals surface area contributed by atoms with Crippen molar-refractivity contribution in [1.29, 1.82) is 0 Å². The van der Waals surface area contributed by atoms with E-state index in [1.54, 1.807) is 13.0 Å². The van der Waals surface area contributed by atoms with E-state index >= 15 is 0 Å². The number of rotatable bonds is 0. The molecule has 0 aromatic rings. The van der Waals surface area contributed by atoms with Crippen molar-refractivity contribution in [3.63, 3.8) is 0 Å². The van der Waals surface area contributed by atoms with Crippen LogP contribution in [-0.2, 0) is 0 Å². The van der Waals surface area contributed by atoms with Crippen LogP contribution in [0.4, 0.5) is 8.28 Å². The van der Waals surface area contributed by atoms with Crippen LogP contribution >= 0.6 is 10.9 Å². The zero-order chi connectivity index (χ0) is 7.56. The molecule has 0 radical (unpaired) electrons. The second-order valence-corrected chi connectivity index (χ2v) is 3.25. The van der Waals surface area contributed by atoms with Crippen molar-refractivity contribution in [2.24, 2.45) is 0 Å². The maximum Gasteiger partial charge on any atom is 0.112 e. The van der Waals surface area contributed by atoms with E-state index in [0.29, 0.717) is 0 Å². The van der Waals surface area contributed by atoms with Gasteiger partial charge in [0, 0.05) is 22.7 Å². The second-order valence-electron chi connectivity index (χ2n) is 2.15. The summed E-state index contributed by atoms with van der Waals surface area (Å²) in [4.78, 5) is 0. The van der Waals surface area contributed by atoms with Gasteiger partial charge in [-0.15, -0.1) is 0 Å². The van der Waals surface area contributed by atoms with Gasteiger partial charge in [-0.2, -0.15) is 3.89 Å². The fourth-order valence-corrected chi connectivity index (χ4v) is 1.55. The van der Waals surface area contributed by atoms with Gasteiger partial charge in [-0.1, -0.05) is 6.08 Å². The molecule has 56 valence electrons. The Morgan fingerprint density at radius 1 is 1.60 bits per heavy atom. The van der Waals surface area contributed by atoms with Crippen molar-refractivity contribution in [1.82, 2.24) is 0 Å². The van der Waals surface area contributed by atoms with Gasteiger partial charge in [-0.05, 0) is 17.9 Å². The van der Waals surface area contributed by atoms with Gasteiger partial charge in [0.1, 0.15) is 5.83 Å². The SMILES string of the molecule is CC1=CCC(F)=CS(F)=C1. The smallest absolute Gasteiger partial charge is 0.112 e. The summed E-state index contributed by atoms with van der Waals surface area (Å²) < 4.78 is 25.0. The average Bonchev–Trinajstić information content (AvgIpc) is 1.93. The van der Waals surface area contributed by atoms with E-state index in [2.05, 4.69) is 0 Å². The zero-order valence-corrected chi connectivity index (χ0v) is 6.42. The number of allylic oxidation sites excluding steroid dienone is 3. The molecule has 0 aromatic carbocycles. The molecule has 0 aliphatic carbocycles. The third-order valence-corrected chi connectivity index (χ3v) is 2.24. The van der Waals surface area contributed by atoms with E-state index < -0.39 is 10.9 Å². The van der Waals surface area contributed by atoms with Crippen LogP contribution in [0.5, 0.6) is 0 Å². The molecular weight excluding hydrogens is 154 g/mol. The minimum absolute atomic E-state index is 0.232. The molecule has 3 heteroatoms. The molecule has 0 spiro atoms. The Balaban J connectivity index is 2.90. The van der Waals surface area contributed by atoms with Crippen molar-refractivity contribution < 1.29 is 8.28 Å². The molecule has 0 fully saturated rings. The van der Waals surface area contributed by atoms with Crippen LogP contribution < -0.4 is 0 Å². The fourth-order valence-electron chi connectivity index (χ4n) is 0.688. The summed E-state index contributed by atoms with van der Waals surface area (Å²) in [7, 11) is -1.50. The third kappa shape index (κ3) is 2.06. The highest BCUT2D eigenvalue weighted by Crippen LogP contribution is 2.24. The number of hydrogen-bond donors (Lipinski definition) is 0. The third-order valence-electron chi connectivity index (χ3n) is 1.16. The van der Waals surface area contributed by atoms with Crippen molar-refractivity contribution >= 4 is 16.2 Å². The lowest BCUT2D eigenvalue weighted by Crippen LogP contribution is -1.72. The Labute approximate surface area is 61.5 Å². The molecule has 1 rings (SSSR count). The van der Waals surface area contributed by atoms with Crippen molar-refractivity contribution in [3.05, 3.63) is 22.9 Å². The highest BCUT2D eigenvalue weighted by atomic mass is 32.2. The van der Waals surface area contributed by atoms with Crippen molar-refractivity contribution in [2.75, 3.05) is 0 Å². The number of hydrogen-bond acceptors (Lipinski definition) is 0. The highest BCUT2D eigenvalue weighted by Gasteiger charge is 1.99. The first-order valence-electron chi connectivity index (χ1n) is 2.94. The maximum absolute atomic E-state index is 12.6. The van der Waals surface area contributed by atoms with Gasteiger partial charge in [0.25, 0.3) is 0 Å². The molecule has 1 aliphatic rings. The predicted octanol–water partition coefficient (Wildman–Crippen LogP) is 3.10. The van der Waals surface area contributed by atoms with Crippen LogP contribution in [0.1, 0.15) is 13.3 Å². The Kier molecular flexibility index (Phi) is 2.38. The van der Waals surface area contributed by atoms with Crippen molar-refractivity contribution in [3.8, 4) is 0 Å². The Morgan fingerprint density at radius 3 is 3.00 bits per heavy atom. The van der Waals surface area contributed by atoms with E-state index in [0.717, 1.165) is 11.0 Å². The van der Waals surface area contributed by atoms with Gasteiger partial charge in [0.05, 0.1) is 0 Å². The summed E-state index contributed by atoms with van der Waals surface area (Å²) in [6.45, 7) is 1.77. The van der Waals surface area contributed by atoms with Gasteiger partial charge in [0.15, 0.2) is 0 Å². The molecule has 1 heterocycles. The van der Waals surface area contributed by atoms with Crippen LogP contribution in [0.15, 0.2) is 22.9 Å². The monoisotopic (exact) mass is 162 g/mol. The molecular formula is C7H8F2S. The van der Waals surface area contributed by atoms with E-state index in [1.165, 1.54) is 5.37 Å². The molecule has 0 bridgehead atoms. The van der Waals surface area contributed by atoms with Crippen LogP contribution in [0.2, 0.25) is 0 Å². The summed E-state index contributed by atoms with van der Waals surface area (Å²) >= 11 is 0. The van der Waals surface area contributed by atoms with E-state index in [9.17, 15) is 8.28 Å². The quantitative estimate of drug-likeness (QED) is 0.480. The maximum atomic E-state index is 12.6. The summed E-state index contributed by atoms with van der Waals surface area (Å²) in [6.07, 6.45) is 1.91. The van der Waals surface area contributed by atoms with Crippen LogP contribution in [0.3, 0.4) is 0 Å². The highest BCUT2D eigenvalue weighted by molar-refractivity contribution is 8.13. The molecule has 0 nitrogen and oxygen atoms in total. The average molecular weight is 162 g/mol. The lowest BCUT2D eigenvalue weighted by molar-refractivity contribution is 0.620. The normalized spacial score (nSPS) is 26.1. The molecule has 0 saturated carbocycles. The van der Waals surface area contributed by atoms with Gasteiger partial charge in [0.2, 0.25) is 0 Å². The molecule has 0 N–H and O–H groups in total. The van der Waals surface area contributed by atoms with Crippen LogP contribution in [0, 0.1) is 0 Å². The lowest BCUT2D eigenvalue weighted by atomic mass is 10.2. The molecule has 1 aliphatic heterocycles. The van der Waals surface area contributed by atoms with E-state index in [4.69, 9.17) is 0 Å². The minimum atomic E-state index is -1.50. The first-order chi connectivity index (χ1) is 4.68. The Bertz CT molecular complexity index is 226. The summed E-state index contributed by atoms with van der Waals surface area (Å²) in [6, 6.07) is 0. The van der Waals surface area contributed by atoms with Gasteiger partial charge in [-0.3, -0.25) is 0 Å². The largest absolute Gasteiger partial charge is 0.211 e. The standard InChI is InChI=1S/C7H8F2S/c1-6-2-3-7(8)5-10(9)4-6/h2,4-5H,3H2,1H3. The van der Waals surface area contributed by atoms with E-state index in [1.807, 2.05) is 0 Å². The Hall–Kier alpha value is -0.440. The van der Waals surface area contributed by atoms with Gasteiger partial charge in [-0.25, -0.2) is 4.39 Å². The molecule has 10 heavy (non-hydrogen) atoms. The first kappa shape index (κ1) is 7.66. The fraction of sp³-hybridized carbons (Fsp3) is 0.286. The lowest BCUT2D eigenvalue weighted by Gasteiger charge is -1.85. The number of halogens is 2. The summed E-state index contributed by atoms with van der Waals surface area (Å²) in [5.74, 6) is -0.376. The predicted molar refractivity (Wildman–Crippen MR) is 42.3 cm³/mol. The second kappa shape index (κ2) is 3.10. The van der Waals surface area contributed by atoms with Crippen molar-refractivity contribution in [2.45, 2.75) is 13.3 Å². The zero-order valence-electron chi connectivity index (χ0n) is 5.60. The summed E-state index contributed by atoms with van der Waals surface area (Å²) in [5.41, 5.74) is 0.815. The van der Waals surface area contributed by atoms with E-state index in [-0.39, 0.29) is 12.2 Å². The van der Waals surface area contributed by atoms with Gasteiger partial charge < -0.3 is 0 Å². The summed E-state index contributed by atoms with van der Waals surface area (Å²) in [5, 5.41) is 2.44. The Morgan fingerprint density at radius 2 is 2.30 bits per heavy atom. The minimum Gasteiger partial charge on any atom is -0.211 e. The molecule has 0 amide bonds. The first-order valence-corrected chi connectivity index (χ1v) is 4.19. The molecule has 1 unspecified atom stereocenters. The topological polar surface area (TPSA) is 0 Å².